The third-order valence-corrected chi connectivity index (χ3v) is 3.60. The average Bonchev–Trinajstić information content (AvgIpc) is 2.60. The predicted molar refractivity (Wildman–Crippen MR) is 83.4 cm³/mol. The molecule has 1 fully saturated rings. The molecule has 1 heterocycles. The van der Waals surface area contributed by atoms with Crippen molar-refractivity contribution in [3.05, 3.63) is 35.9 Å². The first-order chi connectivity index (χ1) is 11.2. The van der Waals surface area contributed by atoms with E-state index in [-0.39, 0.29) is 19.0 Å². The first-order valence-corrected chi connectivity index (χ1v) is 7.56. The maximum absolute atomic E-state index is 11.7. The van der Waals surface area contributed by atoms with E-state index >= 15 is 0 Å². The second-order valence-electron chi connectivity index (χ2n) is 5.20. The molecular formula is C16H22N2O5. The van der Waals surface area contributed by atoms with Crippen LogP contribution in [0.3, 0.4) is 0 Å². The Morgan fingerprint density at radius 3 is 2.91 bits per heavy atom. The molecule has 2 atom stereocenters. The zero-order valence-corrected chi connectivity index (χ0v) is 13.1. The summed E-state index contributed by atoms with van der Waals surface area (Å²) in [6.07, 6.45) is 0.579. The van der Waals surface area contributed by atoms with E-state index in [1.54, 1.807) is 7.11 Å². The molecule has 0 aromatic heterocycles. The number of nitrogens with zero attached hydrogens (tertiary/aromatic N) is 1. The molecule has 7 nitrogen and oxygen atoms in total. The second-order valence-corrected chi connectivity index (χ2v) is 5.20. The number of hydrogen-bond acceptors (Lipinski definition) is 6. The number of benzene rings is 1. The number of carbonyl (C=O) groups excluding carboxylic acids is 1. The molecule has 1 amide bonds. The fourth-order valence-corrected chi connectivity index (χ4v) is 2.36. The van der Waals surface area contributed by atoms with Crippen LogP contribution in [0.25, 0.3) is 0 Å². The van der Waals surface area contributed by atoms with Gasteiger partial charge in [0, 0.05) is 20.1 Å². The molecule has 1 aliphatic rings. The van der Waals surface area contributed by atoms with Crippen LogP contribution < -0.4 is 5.32 Å². The molecule has 2 rings (SSSR count). The number of methoxy groups -OCH3 is 1. The molecule has 23 heavy (non-hydrogen) atoms. The van der Waals surface area contributed by atoms with Crippen molar-refractivity contribution in [3.8, 4) is 0 Å². The van der Waals surface area contributed by atoms with Crippen LogP contribution in [-0.2, 0) is 20.8 Å². The number of nitrogens with one attached hydrogen (secondary N) is 1. The van der Waals surface area contributed by atoms with E-state index in [0.717, 1.165) is 5.56 Å². The molecule has 0 saturated carbocycles. The van der Waals surface area contributed by atoms with Gasteiger partial charge in [-0.2, -0.15) is 0 Å². The maximum atomic E-state index is 11.7. The Hall–Kier alpha value is -2.12. The summed E-state index contributed by atoms with van der Waals surface area (Å²) in [5.74, 6) is 0. The lowest BCUT2D eigenvalue weighted by atomic mass is 10.0. The third kappa shape index (κ3) is 5.54. The molecule has 0 spiro atoms. The van der Waals surface area contributed by atoms with Crippen LogP contribution >= 0.6 is 0 Å². The van der Waals surface area contributed by atoms with Crippen LogP contribution in [0.5, 0.6) is 0 Å². The lowest BCUT2D eigenvalue weighted by Crippen LogP contribution is -2.39. The fourth-order valence-electron chi connectivity index (χ4n) is 2.36. The maximum Gasteiger partial charge on any atom is 0.407 e. The molecule has 1 aliphatic heterocycles. The van der Waals surface area contributed by atoms with Gasteiger partial charge in [-0.3, -0.25) is 0 Å². The summed E-state index contributed by atoms with van der Waals surface area (Å²) in [4.78, 5) is 11.7. The summed E-state index contributed by atoms with van der Waals surface area (Å²) >= 11 is 0. The van der Waals surface area contributed by atoms with Crippen molar-refractivity contribution >= 4 is 11.8 Å². The molecule has 0 bridgehead atoms. The molecule has 1 aromatic rings. The first-order valence-electron chi connectivity index (χ1n) is 7.56. The van der Waals surface area contributed by atoms with Gasteiger partial charge in [0.25, 0.3) is 0 Å². The minimum atomic E-state index is -0.490. The van der Waals surface area contributed by atoms with Crippen LogP contribution in [0.4, 0.5) is 4.79 Å². The molecule has 1 saturated heterocycles. The van der Waals surface area contributed by atoms with E-state index in [1.165, 1.54) is 0 Å². The largest absolute Gasteiger partial charge is 0.445 e. The van der Waals surface area contributed by atoms with Gasteiger partial charge in [-0.1, -0.05) is 35.5 Å². The number of hydrogen-bond donors (Lipinski definition) is 2. The Morgan fingerprint density at radius 2 is 2.22 bits per heavy atom. The van der Waals surface area contributed by atoms with Gasteiger partial charge in [0.15, 0.2) is 6.29 Å². The van der Waals surface area contributed by atoms with Gasteiger partial charge in [-0.15, -0.1) is 0 Å². The summed E-state index contributed by atoms with van der Waals surface area (Å²) in [6.45, 7) is 0.579. The monoisotopic (exact) mass is 322 g/mol. The summed E-state index contributed by atoms with van der Waals surface area (Å²) in [5, 5.41) is 14.9. The van der Waals surface area contributed by atoms with Gasteiger partial charge in [0.2, 0.25) is 0 Å². The molecule has 2 N–H and O–H groups in total. The molecular weight excluding hydrogens is 300 g/mol. The normalized spacial score (nSPS) is 22.7. The second kappa shape index (κ2) is 9.12. The summed E-state index contributed by atoms with van der Waals surface area (Å²) in [6, 6.07) is 9.45. The van der Waals surface area contributed by atoms with Gasteiger partial charge in [0.1, 0.15) is 12.7 Å². The molecule has 126 valence electrons. The van der Waals surface area contributed by atoms with Crippen molar-refractivity contribution in [3.63, 3.8) is 0 Å². The quantitative estimate of drug-likeness (QED) is 0.619. The van der Waals surface area contributed by atoms with E-state index in [0.29, 0.717) is 31.5 Å². The number of oxime groups is 1. The highest BCUT2D eigenvalue weighted by Gasteiger charge is 2.28. The van der Waals surface area contributed by atoms with Crippen LogP contribution in [-0.4, -0.2) is 43.1 Å². The lowest BCUT2D eigenvalue weighted by Gasteiger charge is -2.29. The van der Waals surface area contributed by atoms with Crippen LogP contribution in [0.2, 0.25) is 0 Å². The number of ether oxygens (including phenoxy) is 3. The number of rotatable bonds is 6. The van der Waals surface area contributed by atoms with Gasteiger partial charge >= 0.3 is 6.09 Å². The van der Waals surface area contributed by atoms with Crippen molar-refractivity contribution < 1.29 is 24.2 Å². The molecule has 7 heteroatoms. The minimum absolute atomic E-state index is 0.224. The number of amides is 1. The summed E-state index contributed by atoms with van der Waals surface area (Å²) < 4.78 is 15.9. The van der Waals surface area contributed by atoms with Crippen LogP contribution in [0.1, 0.15) is 24.8 Å². The zero-order valence-electron chi connectivity index (χ0n) is 13.1. The van der Waals surface area contributed by atoms with E-state index in [1.807, 2.05) is 30.3 Å². The SMILES string of the molecule is CO[C@@H]1CC/C(=N/O)[C@@H](CCNC(=O)OCc2ccccc2)O1. The van der Waals surface area contributed by atoms with Crippen molar-refractivity contribution in [1.29, 1.82) is 0 Å². The third-order valence-electron chi connectivity index (χ3n) is 3.60. The van der Waals surface area contributed by atoms with Crippen LogP contribution in [0.15, 0.2) is 35.5 Å². The highest BCUT2D eigenvalue weighted by atomic mass is 16.7. The fraction of sp³-hybridized carbons (Fsp3) is 0.500. The predicted octanol–water partition coefficient (Wildman–Crippen LogP) is 2.28. The Labute approximate surface area is 135 Å². The molecule has 0 aliphatic carbocycles. The minimum Gasteiger partial charge on any atom is -0.445 e. The number of alkyl carbamates (subject to hydrolysis) is 1. The van der Waals surface area contributed by atoms with E-state index < -0.39 is 6.09 Å². The molecule has 1 aromatic carbocycles. The first kappa shape index (κ1) is 17.2. The molecule has 0 radical (unpaired) electrons. The van der Waals surface area contributed by atoms with Gasteiger partial charge in [0.05, 0.1) is 5.71 Å². The van der Waals surface area contributed by atoms with Crippen molar-refractivity contribution in [2.24, 2.45) is 5.16 Å². The van der Waals surface area contributed by atoms with Gasteiger partial charge in [-0.25, -0.2) is 4.79 Å². The van der Waals surface area contributed by atoms with Gasteiger partial charge in [-0.05, 0) is 18.4 Å². The standard InChI is InChI=1S/C16H22N2O5/c1-21-15-8-7-13(18-20)14(23-15)9-10-17-16(19)22-11-12-5-3-2-4-6-12/h2-6,14-15,20H,7-11H2,1H3,(H,17,19)/b18-13-/t14-,15+/m1/s1. The van der Waals surface area contributed by atoms with Crippen molar-refractivity contribution in [2.75, 3.05) is 13.7 Å². The summed E-state index contributed by atoms with van der Waals surface area (Å²) in [5.41, 5.74) is 1.49. The summed E-state index contributed by atoms with van der Waals surface area (Å²) in [7, 11) is 1.57. The average molecular weight is 322 g/mol. The smallest absolute Gasteiger partial charge is 0.407 e. The molecule has 0 unspecified atom stereocenters. The Kier molecular flexibility index (Phi) is 6.83. The highest BCUT2D eigenvalue weighted by molar-refractivity contribution is 5.88. The Bertz CT molecular complexity index is 520. The Balaban J connectivity index is 1.69. The van der Waals surface area contributed by atoms with E-state index in [2.05, 4.69) is 10.5 Å². The Morgan fingerprint density at radius 1 is 1.43 bits per heavy atom. The van der Waals surface area contributed by atoms with E-state index in [9.17, 15) is 4.79 Å². The highest BCUT2D eigenvalue weighted by Crippen LogP contribution is 2.19. The number of carbonyl (C=O) groups is 1. The topological polar surface area (TPSA) is 89.4 Å². The lowest BCUT2D eigenvalue weighted by molar-refractivity contribution is -0.151. The van der Waals surface area contributed by atoms with Crippen molar-refractivity contribution in [1.82, 2.24) is 5.32 Å². The van der Waals surface area contributed by atoms with E-state index in [4.69, 9.17) is 19.4 Å². The van der Waals surface area contributed by atoms with Crippen LogP contribution in [0, 0.1) is 0 Å². The zero-order chi connectivity index (χ0) is 16.5. The van der Waals surface area contributed by atoms with Crippen molar-refractivity contribution in [2.45, 2.75) is 38.3 Å². The van der Waals surface area contributed by atoms with Gasteiger partial charge < -0.3 is 24.7 Å².